The van der Waals surface area contributed by atoms with Gasteiger partial charge in [-0.05, 0) is 79.9 Å². The van der Waals surface area contributed by atoms with Crippen LogP contribution in [0, 0.1) is 37.5 Å². The van der Waals surface area contributed by atoms with Crippen molar-refractivity contribution in [2.24, 2.45) is 29.4 Å². The minimum absolute atomic E-state index is 0.0216. The molecule has 3 aliphatic rings. The minimum atomic E-state index is -0.0216. The van der Waals surface area contributed by atoms with Crippen molar-refractivity contribution in [1.29, 1.82) is 0 Å². The van der Waals surface area contributed by atoms with Gasteiger partial charge in [-0.2, -0.15) is 0 Å². The quantitative estimate of drug-likeness (QED) is 0.809. The van der Waals surface area contributed by atoms with Gasteiger partial charge in [0.2, 0.25) is 0 Å². The maximum atomic E-state index is 6.99. The van der Waals surface area contributed by atoms with Crippen LogP contribution in [0.3, 0.4) is 0 Å². The van der Waals surface area contributed by atoms with Gasteiger partial charge in [0, 0.05) is 5.54 Å². The summed E-state index contributed by atoms with van der Waals surface area (Å²) in [4.78, 5) is 0. The third-order valence-corrected chi connectivity index (χ3v) is 6.67. The van der Waals surface area contributed by atoms with Crippen LogP contribution in [0.1, 0.15) is 48.8 Å². The molecule has 1 aromatic rings. The van der Waals surface area contributed by atoms with Gasteiger partial charge < -0.3 is 5.73 Å². The van der Waals surface area contributed by atoms with Crippen LogP contribution in [0.5, 0.6) is 0 Å². The lowest BCUT2D eigenvalue weighted by Crippen LogP contribution is -2.47. The Hall–Kier alpha value is -0.820. The third-order valence-electron chi connectivity index (χ3n) is 6.67. The molecule has 0 aromatic heterocycles. The summed E-state index contributed by atoms with van der Waals surface area (Å²) in [5.74, 6) is 3.63. The van der Waals surface area contributed by atoms with Gasteiger partial charge >= 0.3 is 0 Å². The van der Waals surface area contributed by atoms with Gasteiger partial charge in [-0.25, -0.2) is 0 Å². The molecule has 5 atom stereocenters. The Labute approximate surface area is 116 Å². The Kier molecular flexibility index (Phi) is 2.42. The van der Waals surface area contributed by atoms with E-state index in [2.05, 4.69) is 32.0 Å². The van der Waals surface area contributed by atoms with Crippen molar-refractivity contribution in [2.75, 3.05) is 0 Å². The van der Waals surface area contributed by atoms with E-state index >= 15 is 0 Å². The van der Waals surface area contributed by atoms with Crippen molar-refractivity contribution in [3.8, 4) is 0 Å². The average molecular weight is 255 g/mol. The zero-order valence-corrected chi connectivity index (χ0v) is 12.2. The van der Waals surface area contributed by atoms with E-state index in [0.717, 1.165) is 23.7 Å². The van der Waals surface area contributed by atoms with Gasteiger partial charge in [-0.3, -0.25) is 0 Å². The molecular formula is C18H25N. The van der Waals surface area contributed by atoms with Crippen molar-refractivity contribution in [3.63, 3.8) is 0 Å². The number of fused-ring (bicyclic) bond motifs is 5. The third kappa shape index (κ3) is 1.45. The number of aryl methyl sites for hydroxylation is 1. The highest BCUT2D eigenvalue weighted by molar-refractivity contribution is 5.40. The fourth-order valence-electron chi connectivity index (χ4n) is 5.76. The normalized spacial score (nSPS) is 43.7. The van der Waals surface area contributed by atoms with E-state index < -0.39 is 0 Å². The van der Waals surface area contributed by atoms with Gasteiger partial charge in [0.25, 0.3) is 0 Å². The molecule has 3 fully saturated rings. The smallest absolute Gasteiger partial charge is 0.0446 e. The number of benzene rings is 1. The zero-order chi connectivity index (χ0) is 13.2. The van der Waals surface area contributed by atoms with E-state index in [0.29, 0.717) is 0 Å². The van der Waals surface area contributed by atoms with Crippen LogP contribution in [0.15, 0.2) is 18.2 Å². The maximum absolute atomic E-state index is 6.99. The molecule has 0 radical (unpaired) electrons. The van der Waals surface area contributed by atoms with Crippen LogP contribution in [0.25, 0.3) is 0 Å². The first-order valence-electron chi connectivity index (χ1n) is 7.97. The summed E-state index contributed by atoms with van der Waals surface area (Å²) in [5.41, 5.74) is 11.3. The Balaban J connectivity index is 1.77. The molecule has 4 rings (SSSR count). The lowest BCUT2D eigenvalue weighted by atomic mass is 9.67. The second-order valence-corrected chi connectivity index (χ2v) is 7.35. The Morgan fingerprint density at radius 2 is 1.95 bits per heavy atom. The second-order valence-electron chi connectivity index (χ2n) is 7.35. The summed E-state index contributed by atoms with van der Waals surface area (Å²) in [6, 6.07) is 6.71. The van der Waals surface area contributed by atoms with Gasteiger partial charge in [-0.1, -0.05) is 24.6 Å². The van der Waals surface area contributed by atoms with Crippen molar-refractivity contribution >= 4 is 0 Å². The molecule has 1 aromatic carbocycles. The first-order valence-corrected chi connectivity index (χ1v) is 7.97. The molecule has 3 aliphatic carbocycles. The van der Waals surface area contributed by atoms with Crippen LogP contribution < -0.4 is 5.73 Å². The van der Waals surface area contributed by atoms with Crippen LogP contribution in [-0.2, 0) is 5.54 Å². The first kappa shape index (κ1) is 12.0. The highest BCUT2D eigenvalue weighted by Gasteiger charge is 2.60. The fourth-order valence-corrected chi connectivity index (χ4v) is 5.76. The van der Waals surface area contributed by atoms with Gasteiger partial charge in [-0.15, -0.1) is 0 Å². The monoisotopic (exact) mass is 255 g/mol. The van der Waals surface area contributed by atoms with E-state index in [-0.39, 0.29) is 5.54 Å². The van der Waals surface area contributed by atoms with Crippen molar-refractivity contribution in [2.45, 2.75) is 51.5 Å². The largest absolute Gasteiger partial charge is 0.321 e. The van der Waals surface area contributed by atoms with Gasteiger partial charge in [0.15, 0.2) is 0 Å². The molecule has 102 valence electrons. The summed E-state index contributed by atoms with van der Waals surface area (Å²) in [7, 11) is 0. The molecular weight excluding hydrogens is 230 g/mol. The summed E-state index contributed by atoms with van der Waals surface area (Å²) >= 11 is 0. The molecule has 1 heteroatoms. The van der Waals surface area contributed by atoms with Crippen LogP contribution in [0.4, 0.5) is 0 Å². The lowest BCUT2D eigenvalue weighted by Gasteiger charge is -2.41. The van der Waals surface area contributed by atoms with E-state index in [9.17, 15) is 0 Å². The van der Waals surface area contributed by atoms with Crippen LogP contribution >= 0.6 is 0 Å². The molecule has 2 N–H and O–H groups in total. The van der Waals surface area contributed by atoms with E-state index in [1.807, 2.05) is 0 Å². The fraction of sp³-hybridized carbons (Fsp3) is 0.667. The zero-order valence-electron chi connectivity index (χ0n) is 12.2. The average Bonchev–Trinajstić information content (AvgIpc) is 3.03. The molecule has 3 saturated carbocycles. The molecule has 1 nitrogen and oxygen atoms in total. The Morgan fingerprint density at radius 1 is 1.16 bits per heavy atom. The predicted molar refractivity (Wildman–Crippen MR) is 78.8 cm³/mol. The second kappa shape index (κ2) is 3.85. The molecule has 5 unspecified atom stereocenters. The topological polar surface area (TPSA) is 26.0 Å². The van der Waals surface area contributed by atoms with Crippen molar-refractivity contribution in [1.82, 2.24) is 0 Å². The summed E-state index contributed by atoms with van der Waals surface area (Å²) in [5, 5.41) is 0. The summed E-state index contributed by atoms with van der Waals surface area (Å²) in [6.45, 7) is 4.48. The first-order chi connectivity index (χ1) is 9.11. The van der Waals surface area contributed by atoms with Crippen LogP contribution in [0.2, 0.25) is 0 Å². The molecule has 0 spiro atoms. The molecule has 0 amide bonds. The van der Waals surface area contributed by atoms with Crippen LogP contribution in [-0.4, -0.2) is 0 Å². The highest BCUT2D eigenvalue weighted by atomic mass is 14.8. The minimum Gasteiger partial charge on any atom is -0.321 e. The maximum Gasteiger partial charge on any atom is 0.0446 e. The standard InChI is InChI=1S/C18H25N/c1-11-5-3-8-16(12(11)2)18(19)10-13-9-17(18)15-7-4-6-14(13)15/h3,5,8,13-15,17H,4,6-7,9-10,19H2,1-2H3. The number of hydrogen-bond donors (Lipinski definition) is 1. The Morgan fingerprint density at radius 3 is 2.79 bits per heavy atom. The number of rotatable bonds is 1. The summed E-state index contributed by atoms with van der Waals surface area (Å²) in [6.07, 6.45) is 7.01. The molecule has 2 bridgehead atoms. The summed E-state index contributed by atoms with van der Waals surface area (Å²) < 4.78 is 0. The molecule has 0 aliphatic heterocycles. The SMILES string of the molecule is Cc1cccc(C2(N)CC3CC2C2CCCC32)c1C. The van der Waals surface area contributed by atoms with Crippen molar-refractivity contribution in [3.05, 3.63) is 34.9 Å². The molecule has 19 heavy (non-hydrogen) atoms. The van der Waals surface area contributed by atoms with E-state index in [1.54, 1.807) is 0 Å². The highest BCUT2D eigenvalue weighted by Crippen LogP contribution is 2.64. The molecule has 0 saturated heterocycles. The Bertz CT molecular complexity index is 520. The molecule has 0 heterocycles. The van der Waals surface area contributed by atoms with Gasteiger partial charge in [0.1, 0.15) is 0 Å². The predicted octanol–water partition coefficient (Wildman–Crippen LogP) is 3.91. The van der Waals surface area contributed by atoms with Crippen molar-refractivity contribution < 1.29 is 0 Å². The van der Waals surface area contributed by atoms with Gasteiger partial charge in [0.05, 0.1) is 0 Å². The lowest BCUT2D eigenvalue weighted by molar-refractivity contribution is 0.156. The van der Waals surface area contributed by atoms with E-state index in [1.165, 1.54) is 48.8 Å². The van der Waals surface area contributed by atoms with E-state index in [4.69, 9.17) is 5.73 Å². The number of hydrogen-bond acceptors (Lipinski definition) is 1. The number of nitrogens with two attached hydrogens (primary N) is 1.